The molecule has 1 N–H and O–H groups in total. The van der Waals surface area contributed by atoms with Crippen molar-refractivity contribution in [1.29, 1.82) is 0 Å². The van der Waals surface area contributed by atoms with Crippen molar-refractivity contribution in [2.24, 2.45) is 0 Å². The highest BCUT2D eigenvalue weighted by atomic mass is 19.3. The van der Waals surface area contributed by atoms with Crippen LogP contribution in [0.5, 0.6) is 0 Å². The average molecular weight is 456 g/mol. The lowest BCUT2D eigenvalue weighted by Crippen LogP contribution is -2.47. The molecule has 1 aliphatic rings. The van der Waals surface area contributed by atoms with Crippen molar-refractivity contribution in [3.05, 3.63) is 65.7 Å². The predicted octanol–water partition coefficient (Wildman–Crippen LogP) is 3.82. The molecule has 1 amide bonds. The van der Waals surface area contributed by atoms with Gasteiger partial charge in [-0.2, -0.15) is 20.0 Å². The zero-order chi connectivity index (χ0) is 23.2. The second-order valence-electron chi connectivity index (χ2n) is 7.83. The van der Waals surface area contributed by atoms with E-state index in [4.69, 9.17) is 4.42 Å². The molecule has 0 spiro atoms. The number of aromatic nitrogens is 4. The number of likely N-dealkylation sites (tertiary alicyclic amines) is 1. The lowest BCUT2D eigenvalue weighted by molar-refractivity contribution is -0.0249. The van der Waals surface area contributed by atoms with E-state index in [1.165, 1.54) is 29.3 Å². The molecule has 2 aromatic carbocycles. The van der Waals surface area contributed by atoms with E-state index in [-0.39, 0.29) is 30.3 Å². The Bertz CT molecular complexity index is 1320. The molecule has 1 saturated heterocycles. The van der Waals surface area contributed by atoms with E-state index < -0.39 is 30.1 Å². The highest BCUT2D eigenvalue weighted by Crippen LogP contribution is 2.36. The monoisotopic (exact) mass is 456 g/mol. The van der Waals surface area contributed by atoms with E-state index in [1.54, 1.807) is 25.1 Å². The van der Waals surface area contributed by atoms with E-state index in [0.717, 1.165) is 16.5 Å². The summed E-state index contributed by atoms with van der Waals surface area (Å²) in [5.74, 6) is -4.16. The number of oxazole rings is 1. The molecule has 1 atom stereocenters. The molecule has 5 rings (SSSR count). The van der Waals surface area contributed by atoms with Crippen LogP contribution in [0.15, 0.2) is 53.2 Å². The van der Waals surface area contributed by atoms with Gasteiger partial charge in [-0.25, -0.2) is 13.2 Å². The number of hydrogen-bond donors (Lipinski definition) is 1. The van der Waals surface area contributed by atoms with Crippen molar-refractivity contribution in [3.8, 4) is 5.69 Å². The second-order valence-corrected chi connectivity index (χ2v) is 7.83. The molecule has 0 bridgehead atoms. The van der Waals surface area contributed by atoms with Gasteiger partial charge in [-0.1, -0.05) is 12.1 Å². The number of nitrogens with one attached hydrogen (secondary N) is 1. The maximum absolute atomic E-state index is 14.8. The van der Waals surface area contributed by atoms with Crippen LogP contribution in [0, 0.1) is 12.7 Å². The second kappa shape index (κ2) is 7.91. The largest absolute Gasteiger partial charge is 0.423 e. The van der Waals surface area contributed by atoms with Gasteiger partial charge >= 0.3 is 0 Å². The lowest BCUT2D eigenvalue weighted by atomic mass is 10.1. The molecule has 1 aliphatic heterocycles. The number of fused-ring (bicyclic) bond motifs is 1. The summed E-state index contributed by atoms with van der Waals surface area (Å²) in [6.07, 6.45) is 2.48. The van der Waals surface area contributed by atoms with E-state index >= 15 is 0 Å². The van der Waals surface area contributed by atoms with Crippen LogP contribution in [0.25, 0.3) is 16.8 Å². The Hall–Kier alpha value is -3.89. The quantitative estimate of drug-likeness (QED) is 0.491. The number of aryl methyl sites for hydroxylation is 1. The lowest BCUT2D eigenvalue weighted by Gasteiger charge is -2.28. The molecule has 0 saturated carbocycles. The predicted molar refractivity (Wildman–Crippen MR) is 113 cm³/mol. The van der Waals surface area contributed by atoms with Gasteiger partial charge < -0.3 is 14.6 Å². The first-order valence-electron chi connectivity index (χ1n) is 10.3. The van der Waals surface area contributed by atoms with Crippen molar-refractivity contribution in [2.45, 2.75) is 25.3 Å². The van der Waals surface area contributed by atoms with Gasteiger partial charge in [-0.05, 0) is 30.7 Å². The number of anilines is 1. The number of carbonyl (C=O) groups excluding carboxylic acids is 1. The Morgan fingerprint density at radius 2 is 2.03 bits per heavy atom. The van der Waals surface area contributed by atoms with Crippen LogP contribution in [0.2, 0.25) is 0 Å². The fourth-order valence-corrected chi connectivity index (χ4v) is 4.06. The summed E-state index contributed by atoms with van der Waals surface area (Å²) in [6.45, 7) is 1.38. The summed E-state index contributed by atoms with van der Waals surface area (Å²) < 4.78 is 48.4. The Morgan fingerprint density at radius 1 is 1.24 bits per heavy atom. The number of para-hydroxylation sites is 1. The first-order valence-corrected chi connectivity index (χ1v) is 10.3. The Balaban J connectivity index is 1.42. The molecule has 2 aromatic heterocycles. The number of halogens is 3. The van der Waals surface area contributed by atoms with E-state index in [2.05, 4.69) is 20.5 Å². The van der Waals surface area contributed by atoms with Gasteiger partial charge in [0.1, 0.15) is 23.1 Å². The molecule has 11 heteroatoms. The summed E-state index contributed by atoms with van der Waals surface area (Å²) in [5.41, 5.74) is 1.99. The van der Waals surface area contributed by atoms with E-state index in [0.29, 0.717) is 11.2 Å². The first-order chi connectivity index (χ1) is 15.8. The molecule has 170 valence electrons. The fraction of sp³-hybridized carbons (Fsp3) is 0.273. The number of rotatable bonds is 5. The highest BCUT2D eigenvalue weighted by Gasteiger charge is 2.51. The van der Waals surface area contributed by atoms with Gasteiger partial charge in [-0.3, -0.25) is 4.79 Å². The molecule has 3 heterocycles. The minimum atomic E-state index is -3.12. The number of benzene rings is 2. The number of hydrogen-bond acceptors (Lipinski definition) is 6. The van der Waals surface area contributed by atoms with Crippen LogP contribution in [0.4, 0.5) is 19.2 Å². The normalized spacial score (nSPS) is 17.6. The summed E-state index contributed by atoms with van der Waals surface area (Å²) in [5, 5.41) is 10.9. The van der Waals surface area contributed by atoms with Crippen molar-refractivity contribution in [3.63, 3.8) is 0 Å². The summed E-state index contributed by atoms with van der Waals surface area (Å²) in [4.78, 5) is 20.0. The smallest absolute Gasteiger partial charge is 0.295 e. The van der Waals surface area contributed by atoms with Gasteiger partial charge in [0, 0.05) is 25.6 Å². The summed E-state index contributed by atoms with van der Waals surface area (Å²) in [7, 11) is 0. The van der Waals surface area contributed by atoms with Crippen molar-refractivity contribution >= 4 is 23.0 Å². The standard InChI is InChI=1S/C22H19F3N6O2/c1-13-3-2-4-15(19(13)31-27-8-9-28-31)20(32)30-10-7-22(24,25)18(30)12-26-21-29-16-6-5-14(23)11-17(16)33-21/h2-6,8-9,11,18H,7,10,12H2,1H3,(H,26,29)/t18-/m1/s1. The van der Waals surface area contributed by atoms with Crippen LogP contribution in [-0.4, -0.2) is 55.8 Å². The third kappa shape index (κ3) is 3.79. The fourth-order valence-electron chi connectivity index (χ4n) is 4.06. The Labute approximate surface area is 186 Å². The molecule has 8 nitrogen and oxygen atoms in total. The molecule has 0 aliphatic carbocycles. The highest BCUT2D eigenvalue weighted by molar-refractivity contribution is 5.98. The van der Waals surface area contributed by atoms with Crippen LogP contribution in [-0.2, 0) is 0 Å². The maximum Gasteiger partial charge on any atom is 0.295 e. The number of amides is 1. The van der Waals surface area contributed by atoms with Gasteiger partial charge in [0.2, 0.25) is 0 Å². The van der Waals surface area contributed by atoms with Crippen molar-refractivity contribution in [2.75, 3.05) is 18.4 Å². The summed E-state index contributed by atoms with van der Waals surface area (Å²) in [6, 6.07) is 7.42. The number of alkyl halides is 2. The van der Waals surface area contributed by atoms with Gasteiger partial charge in [-0.15, -0.1) is 0 Å². The van der Waals surface area contributed by atoms with E-state index in [1.807, 2.05) is 0 Å². The average Bonchev–Trinajstić information content (AvgIpc) is 3.50. The SMILES string of the molecule is Cc1cccc(C(=O)N2CCC(F)(F)[C@H]2CNc2nc3ccc(F)cc3o2)c1-n1nccn1. The van der Waals surface area contributed by atoms with Crippen LogP contribution >= 0.6 is 0 Å². The zero-order valence-electron chi connectivity index (χ0n) is 17.5. The number of carbonyl (C=O) groups is 1. The minimum absolute atomic E-state index is 0.0253. The van der Waals surface area contributed by atoms with Gasteiger partial charge in [0.15, 0.2) is 5.58 Å². The number of nitrogens with zero attached hydrogens (tertiary/aromatic N) is 5. The third-order valence-electron chi connectivity index (χ3n) is 5.69. The minimum Gasteiger partial charge on any atom is -0.423 e. The molecule has 0 unspecified atom stereocenters. The molecule has 1 fully saturated rings. The van der Waals surface area contributed by atoms with E-state index in [9.17, 15) is 18.0 Å². The van der Waals surface area contributed by atoms with Crippen molar-refractivity contribution in [1.82, 2.24) is 24.9 Å². The molecule has 0 radical (unpaired) electrons. The Morgan fingerprint density at radius 3 is 2.82 bits per heavy atom. The molecular formula is C22H19F3N6O2. The molecule has 33 heavy (non-hydrogen) atoms. The van der Waals surface area contributed by atoms with Gasteiger partial charge in [0.05, 0.1) is 18.0 Å². The molecule has 4 aromatic rings. The van der Waals surface area contributed by atoms with Crippen LogP contribution in [0.3, 0.4) is 0 Å². The maximum atomic E-state index is 14.8. The zero-order valence-corrected chi connectivity index (χ0v) is 17.5. The topological polar surface area (TPSA) is 89.1 Å². The molecular weight excluding hydrogens is 437 g/mol. The van der Waals surface area contributed by atoms with Crippen LogP contribution < -0.4 is 5.32 Å². The Kier molecular flexibility index (Phi) is 5.03. The van der Waals surface area contributed by atoms with Crippen molar-refractivity contribution < 1.29 is 22.4 Å². The summed E-state index contributed by atoms with van der Waals surface area (Å²) >= 11 is 0. The third-order valence-corrected chi connectivity index (χ3v) is 5.69. The van der Waals surface area contributed by atoms with Crippen LogP contribution in [0.1, 0.15) is 22.3 Å². The van der Waals surface area contributed by atoms with Gasteiger partial charge in [0.25, 0.3) is 17.8 Å². The first kappa shape index (κ1) is 21.0.